The average Bonchev–Trinajstić information content (AvgIpc) is 2.10. The van der Waals surface area contributed by atoms with Gasteiger partial charge >= 0.3 is 6.03 Å². The van der Waals surface area contributed by atoms with Gasteiger partial charge in [0.15, 0.2) is 0 Å². The average molecular weight is 226 g/mol. The van der Waals surface area contributed by atoms with Gasteiger partial charge in [-0.2, -0.15) is 0 Å². The SMILES string of the molecule is CC(C)N(CCC(=N)N)C(=O)NC1CCC1. The lowest BCUT2D eigenvalue weighted by molar-refractivity contribution is 0.174. The quantitative estimate of drug-likeness (QED) is 0.487. The zero-order chi connectivity index (χ0) is 12.1. The Morgan fingerprint density at radius 2 is 2.19 bits per heavy atom. The van der Waals surface area contributed by atoms with E-state index < -0.39 is 0 Å². The Morgan fingerprint density at radius 3 is 2.56 bits per heavy atom. The molecule has 0 aromatic heterocycles. The van der Waals surface area contributed by atoms with Crippen LogP contribution in [0, 0.1) is 5.41 Å². The van der Waals surface area contributed by atoms with Crippen LogP contribution in [-0.4, -0.2) is 35.4 Å². The molecule has 5 heteroatoms. The first-order valence-electron chi connectivity index (χ1n) is 5.90. The molecule has 92 valence electrons. The second kappa shape index (κ2) is 5.72. The number of amides is 2. The summed E-state index contributed by atoms with van der Waals surface area (Å²) in [6, 6.07) is 0.464. The summed E-state index contributed by atoms with van der Waals surface area (Å²) >= 11 is 0. The van der Waals surface area contributed by atoms with Crippen molar-refractivity contribution in [2.45, 2.75) is 51.6 Å². The Bertz CT molecular complexity index is 261. The first-order chi connectivity index (χ1) is 7.50. The summed E-state index contributed by atoms with van der Waals surface area (Å²) in [6.07, 6.45) is 3.82. The standard InChI is InChI=1S/C11H22N4O/c1-8(2)15(7-6-10(12)13)11(16)14-9-4-3-5-9/h8-9H,3-7H2,1-2H3,(H3,12,13)(H,14,16). The molecule has 0 aromatic carbocycles. The van der Waals surface area contributed by atoms with Crippen LogP contribution in [0.25, 0.3) is 0 Å². The Morgan fingerprint density at radius 1 is 1.56 bits per heavy atom. The Kier molecular flexibility index (Phi) is 4.58. The van der Waals surface area contributed by atoms with Crippen LogP contribution in [0.3, 0.4) is 0 Å². The van der Waals surface area contributed by atoms with Crippen LogP contribution in [0.15, 0.2) is 0 Å². The number of nitrogens with one attached hydrogen (secondary N) is 2. The molecule has 0 heterocycles. The maximum Gasteiger partial charge on any atom is 0.317 e. The number of nitrogens with zero attached hydrogens (tertiary/aromatic N) is 1. The third kappa shape index (κ3) is 3.72. The molecule has 1 saturated carbocycles. The minimum Gasteiger partial charge on any atom is -0.388 e. The molecule has 4 N–H and O–H groups in total. The molecule has 0 saturated heterocycles. The first-order valence-corrected chi connectivity index (χ1v) is 5.90. The van der Waals surface area contributed by atoms with Crippen molar-refractivity contribution in [1.29, 1.82) is 5.41 Å². The zero-order valence-corrected chi connectivity index (χ0v) is 10.1. The number of hydrogen-bond donors (Lipinski definition) is 3. The summed E-state index contributed by atoms with van der Waals surface area (Å²) < 4.78 is 0. The molecule has 1 aliphatic rings. The van der Waals surface area contributed by atoms with E-state index in [1.165, 1.54) is 6.42 Å². The van der Waals surface area contributed by atoms with Gasteiger partial charge in [-0.25, -0.2) is 4.79 Å². The van der Waals surface area contributed by atoms with E-state index in [0.29, 0.717) is 19.0 Å². The van der Waals surface area contributed by atoms with Gasteiger partial charge in [-0.1, -0.05) is 0 Å². The van der Waals surface area contributed by atoms with Gasteiger partial charge in [0.2, 0.25) is 0 Å². The zero-order valence-electron chi connectivity index (χ0n) is 10.1. The largest absolute Gasteiger partial charge is 0.388 e. The molecule has 0 unspecified atom stereocenters. The number of amidine groups is 1. The van der Waals surface area contributed by atoms with Gasteiger partial charge in [0.05, 0.1) is 5.84 Å². The van der Waals surface area contributed by atoms with Gasteiger partial charge in [0, 0.05) is 25.0 Å². The van der Waals surface area contributed by atoms with Crippen LogP contribution in [0.1, 0.15) is 39.5 Å². The van der Waals surface area contributed by atoms with E-state index in [4.69, 9.17) is 11.1 Å². The fourth-order valence-electron chi connectivity index (χ4n) is 1.65. The van der Waals surface area contributed by atoms with Gasteiger partial charge in [0.1, 0.15) is 0 Å². The molecule has 16 heavy (non-hydrogen) atoms. The fraction of sp³-hybridized carbons (Fsp3) is 0.818. The molecular weight excluding hydrogens is 204 g/mol. The third-order valence-electron chi connectivity index (χ3n) is 2.94. The van der Waals surface area contributed by atoms with Gasteiger partial charge in [0.25, 0.3) is 0 Å². The Hall–Kier alpha value is -1.26. The molecule has 1 rings (SSSR count). The molecule has 0 aliphatic heterocycles. The Balaban J connectivity index is 2.40. The van der Waals surface area contributed by atoms with Gasteiger partial charge in [-0.15, -0.1) is 0 Å². The lowest BCUT2D eigenvalue weighted by atomic mass is 9.93. The second-order valence-electron chi connectivity index (χ2n) is 4.64. The molecule has 1 fully saturated rings. The van der Waals surface area contributed by atoms with Crippen LogP contribution >= 0.6 is 0 Å². The van der Waals surface area contributed by atoms with Gasteiger partial charge in [-0.05, 0) is 33.1 Å². The highest BCUT2D eigenvalue weighted by atomic mass is 16.2. The first kappa shape index (κ1) is 12.8. The van der Waals surface area contributed by atoms with Crippen LogP contribution in [0.4, 0.5) is 4.79 Å². The number of urea groups is 1. The molecule has 2 amide bonds. The minimum atomic E-state index is -0.0269. The van der Waals surface area contributed by atoms with E-state index in [2.05, 4.69) is 5.32 Å². The smallest absolute Gasteiger partial charge is 0.317 e. The molecular formula is C11H22N4O. The molecule has 5 nitrogen and oxygen atoms in total. The van der Waals surface area contributed by atoms with E-state index in [-0.39, 0.29) is 17.9 Å². The van der Waals surface area contributed by atoms with Crippen molar-refractivity contribution < 1.29 is 4.79 Å². The van der Waals surface area contributed by atoms with Crippen LogP contribution in [0.5, 0.6) is 0 Å². The van der Waals surface area contributed by atoms with Crippen molar-refractivity contribution in [3.8, 4) is 0 Å². The van der Waals surface area contributed by atoms with Crippen LogP contribution in [0.2, 0.25) is 0 Å². The topological polar surface area (TPSA) is 82.2 Å². The van der Waals surface area contributed by atoms with Crippen molar-refractivity contribution in [3.63, 3.8) is 0 Å². The van der Waals surface area contributed by atoms with Gasteiger partial charge < -0.3 is 16.0 Å². The van der Waals surface area contributed by atoms with Crippen molar-refractivity contribution in [3.05, 3.63) is 0 Å². The monoisotopic (exact) mass is 226 g/mol. The van der Waals surface area contributed by atoms with E-state index >= 15 is 0 Å². The summed E-state index contributed by atoms with van der Waals surface area (Å²) in [5.74, 6) is 0.127. The van der Waals surface area contributed by atoms with E-state index in [1.54, 1.807) is 4.90 Å². The van der Waals surface area contributed by atoms with E-state index in [9.17, 15) is 4.79 Å². The molecule has 0 atom stereocenters. The maximum atomic E-state index is 11.9. The fourth-order valence-corrected chi connectivity index (χ4v) is 1.65. The Labute approximate surface area is 96.9 Å². The van der Waals surface area contributed by atoms with Crippen LogP contribution in [-0.2, 0) is 0 Å². The third-order valence-corrected chi connectivity index (χ3v) is 2.94. The summed E-state index contributed by atoms with van der Waals surface area (Å²) in [5.41, 5.74) is 5.30. The number of rotatable bonds is 5. The van der Waals surface area contributed by atoms with E-state index in [0.717, 1.165) is 12.8 Å². The molecule has 1 aliphatic carbocycles. The summed E-state index contributed by atoms with van der Waals surface area (Å²) in [6.45, 7) is 4.46. The molecule has 0 aromatic rings. The highest BCUT2D eigenvalue weighted by Crippen LogP contribution is 2.18. The number of nitrogens with two attached hydrogens (primary N) is 1. The number of carbonyl (C=O) groups excluding carboxylic acids is 1. The lowest BCUT2D eigenvalue weighted by Crippen LogP contribution is -2.50. The molecule has 0 bridgehead atoms. The van der Waals surface area contributed by atoms with Crippen molar-refractivity contribution >= 4 is 11.9 Å². The van der Waals surface area contributed by atoms with E-state index in [1.807, 2.05) is 13.8 Å². The van der Waals surface area contributed by atoms with Crippen molar-refractivity contribution in [1.82, 2.24) is 10.2 Å². The van der Waals surface area contributed by atoms with Crippen molar-refractivity contribution in [2.24, 2.45) is 5.73 Å². The maximum absolute atomic E-state index is 11.9. The predicted molar refractivity (Wildman–Crippen MR) is 64.5 cm³/mol. The summed E-state index contributed by atoms with van der Waals surface area (Å²) in [7, 11) is 0. The van der Waals surface area contributed by atoms with Gasteiger partial charge in [-0.3, -0.25) is 5.41 Å². The molecule has 0 radical (unpaired) electrons. The predicted octanol–water partition coefficient (Wildman–Crippen LogP) is 1.28. The molecule has 0 spiro atoms. The highest BCUT2D eigenvalue weighted by Gasteiger charge is 2.23. The minimum absolute atomic E-state index is 0.0269. The normalized spacial score (nSPS) is 15.7. The number of hydrogen-bond acceptors (Lipinski definition) is 2. The summed E-state index contributed by atoms with van der Waals surface area (Å²) in [4.78, 5) is 13.6. The van der Waals surface area contributed by atoms with Crippen LogP contribution < -0.4 is 11.1 Å². The summed E-state index contributed by atoms with van der Waals surface area (Å²) in [5, 5.41) is 10.2. The van der Waals surface area contributed by atoms with Crippen molar-refractivity contribution in [2.75, 3.05) is 6.54 Å². The lowest BCUT2D eigenvalue weighted by Gasteiger charge is -2.32. The number of carbonyl (C=O) groups is 1. The second-order valence-corrected chi connectivity index (χ2v) is 4.64. The highest BCUT2D eigenvalue weighted by molar-refractivity contribution is 5.79.